The summed E-state index contributed by atoms with van der Waals surface area (Å²) in [6, 6.07) is 1.66. The van der Waals surface area contributed by atoms with E-state index >= 15 is 0 Å². The molecular formula is C20H20INO7. The molecule has 0 amide bonds. The second-order valence-electron chi connectivity index (χ2n) is 7.18. The van der Waals surface area contributed by atoms with Gasteiger partial charge in [0.2, 0.25) is 5.78 Å². The standard InChI is InChI=1S/C20H20INO7/c1-5-28-19(24)14-8(2)6-10-15-17(22-29-10)12-9(26-3)7-11(27-4)16(21)13(12)18(23)20(14,15)25/h7-8,14,25H,5-6H2,1-4H3/t8-,14-,20+/m0/s1. The Labute approximate surface area is 180 Å². The van der Waals surface area contributed by atoms with Crippen LogP contribution in [0.2, 0.25) is 0 Å². The van der Waals surface area contributed by atoms with Crippen LogP contribution < -0.4 is 9.47 Å². The number of carbonyl (C=O) groups is 2. The van der Waals surface area contributed by atoms with E-state index in [0.29, 0.717) is 38.5 Å². The summed E-state index contributed by atoms with van der Waals surface area (Å²) in [6.07, 6.45) is 0.353. The molecule has 1 aromatic carbocycles. The number of esters is 1. The van der Waals surface area contributed by atoms with Gasteiger partial charge in [0, 0.05) is 12.5 Å². The van der Waals surface area contributed by atoms with Gasteiger partial charge in [-0.15, -0.1) is 0 Å². The molecule has 2 aliphatic carbocycles. The normalized spacial score (nSPS) is 24.6. The lowest BCUT2D eigenvalue weighted by Crippen LogP contribution is -2.54. The van der Waals surface area contributed by atoms with Gasteiger partial charge < -0.3 is 23.8 Å². The molecule has 8 nitrogen and oxygen atoms in total. The lowest BCUT2D eigenvalue weighted by molar-refractivity contribution is -0.161. The lowest BCUT2D eigenvalue weighted by Gasteiger charge is -2.42. The van der Waals surface area contributed by atoms with Gasteiger partial charge >= 0.3 is 5.97 Å². The minimum absolute atomic E-state index is 0.144. The number of hydrogen-bond donors (Lipinski definition) is 1. The fourth-order valence-corrected chi connectivity index (χ4v) is 5.34. The van der Waals surface area contributed by atoms with E-state index in [1.54, 1.807) is 19.9 Å². The minimum atomic E-state index is -2.14. The van der Waals surface area contributed by atoms with Gasteiger partial charge in [0.25, 0.3) is 0 Å². The summed E-state index contributed by atoms with van der Waals surface area (Å²) in [5, 5.41) is 16.0. The van der Waals surface area contributed by atoms with Crippen LogP contribution in [0.4, 0.5) is 0 Å². The molecule has 0 aliphatic heterocycles. The third-order valence-electron chi connectivity index (χ3n) is 5.66. The molecule has 1 heterocycles. The topological polar surface area (TPSA) is 108 Å². The number of ketones is 1. The van der Waals surface area contributed by atoms with Crippen LogP contribution in [0.25, 0.3) is 11.3 Å². The van der Waals surface area contributed by atoms with Crippen molar-refractivity contribution in [2.45, 2.75) is 25.9 Å². The number of aromatic nitrogens is 1. The van der Waals surface area contributed by atoms with E-state index in [1.165, 1.54) is 14.2 Å². The van der Waals surface area contributed by atoms with Crippen molar-refractivity contribution in [2.75, 3.05) is 20.8 Å². The molecule has 3 atom stereocenters. The fraction of sp³-hybridized carbons (Fsp3) is 0.450. The number of nitrogens with zero attached hydrogens (tertiary/aromatic N) is 1. The van der Waals surface area contributed by atoms with Crippen LogP contribution in [-0.4, -0.2) is 42.8 Å². The lowest BCUT2D eigenvalue weighted by atomic mass is 9.62. The first-order valence-electron chi connectivity index (χ1n) is 9.18. The van der Waals surface area contributed by atoms with Crippen LogP contribution in [0, 0.1) is 15.4 Å². The highest BCUT2D eigenvalue weighted by Gasteiger charge is 2.62. The van der Waals surface area contributed by atoms with Crippen LogP contribution in [0.3, 0.4) is 0 Å². The quantitative estimate of drug-likeness (QED) is 0.492. The highest BCUT2D eigenvalue weighted by Crippen LogP contribution is 2.56. The van der Waals surface area contributed by atoms with Crippen LogP contribution in [0.1, 0.15) is 35.5 Å². The Morgan fingerprint density at radius 3 is 2.66 bits per heavy atom. The van der Waals surface area contributed by atoms with E-state index in [2.05, 4.69) is 5.16 Å². The number of Topliss-reactive ketones (excluding diaryl/α,β-unsaturated/α-hetero) is 1. The zero-order chi connectivity index (χ0) is 21.1. The van der Waals surface area contributed by atoms with E-state index in [-0.39, 0.29) is 23.7 Å². The van der Waals surface area contributed by atoms with Crippen molar-refractivity contribution in [3.8, 4) is 22.8 Å². The molecule has 2 aromatic rings. The van der Waals surface area contributed by atoms with Gasteiger partial charge in [-0.05, 0) is 35.4 Å². The summed E-state index contributed by atoms with van der Waals surface area (Å²) in [5.41, 5.74) is -0.991. The Bertz CT molecular complexity index is 1030. The number of halogens is 1. The zero-order valence-corrected chi connectivity index (χ0v) is 18.5. The molecule has 2 aliphatic rings. The average molecular weight is 513 g/mol. The zero-order valence-electron chi connectivity index (χ0n) is 16.4. The highest BCUT2D eigenvalue weighted by atomic mass is 127. The largest absolute Gasteiger partial charge is 0.496 e. The van der Waals surface area contributed by atoms with E-state index in [9.17, 15) is 14.7 Å². The van der Waals surface area contributed by atoms with Gasteiger partial charge in [0.05, 0.1) is 41.1 Å². The Balaban J connectivity index is 2.07. The summed E-state index contributed by atoms with van der Waals surface area (Å²) in [7, 11) is 2.96. The predicted octanol–water partition coefficient (Wildman–Crippen LogP) is 2.72. The molecule has 0 bridgehead atoms. The number of carbonyl (C=O) groups excluding carboxylic acids is 2. The van der Waals surface area contributed by atoms with Crippen molar-refractivity contribution in [1.82, 2.24) is 5.16 Å². The fourth-order valence-electron chi connectivity index (χ4n) is 4.45. The number of aliphatic hydroxyl groups is 1. The number of ether oxygens (including phenoxy) is 3. The van der Waals surface area contributed by atoms with E-state index in [1.807, 2.05) is 22.6 Å². The summed E-state index contributed by atoms with van der Waals surface area (Å²) in [4.78, 5) is 26.6. The maximum atomic E-state index is 13.8. The highest BCUT2D eigenvalue weighted by molar-refractivity contribution is 14.1. The van der Waals surface area contributed by atoms with E-state index in [0.717, 1.165) is 0 Å². The number of hydrogen-bond acceptors (Lipinski definition) is 8. The monoisotopic (exact) mass is 513 g/mol. The molecule has 1 N–H and O–H groups in total. The van der Waals surface area contributed by atoms with Gasteiger partial charge in [-0.3, -0.25) is 9.59 Å². The molecule has 1 aromatic heterocycles. The van der Waals surface area contributed by atoms with Crippen molar-refractivity contribution < 1.29 is 33.4 Å². The number of benzene rings is 1. The molecule has 0 radical (unpaired) electrons. The van der Waals surface area contributed by atoms with Crippen LogP contribution in [-0.2, 0) is 21.6 Å². The number of fused-ring (bicyclic) bond motifs is 2. The van der Waals surface area contributed by atoms with Crippen molar-refractivity contribution in [1.29, 1.82) is 0 Å². The van der Waals surface area contributed by atoms with Crippen molar-refractivity contribution >= 4 is 34.3 Å². The van der Waals surface area contributed by atoms with Crippen LogP contribution in [0.5, 0.6) is 11.5 Å². The first-order valence-corrected chi connectivity index (χ1v) is 10.3. The summed E-state index contributed by atoms with van der Waals surface area (Å²) < 4.78 is 22.1. The van der Waals surface area contributed by atoms with Crippen molar-refractivity contribution in [2.24, 2.45) is 11.8 Å². The Morgan fingerprint density at radius 2 is 2.03 bits per heavy atom. The van der Waals surface area contributed by atoms with E-state index < -0.39 is 23.3 Å². The molecular weight excluding hydrogens is 493 g/mol. The molecule has 154 valence electrons. The Kier molecular flexibility index (Phi) is 4.85. The van der Waals surface area contributed by atoms with Gasteiger partial charge in [-0.2, -0.15) is 0 Å². The second kappa shape index (κ2) is 6.98. The molecule has 0 fully saturated rings. The molecule has 0 spiro atoms. The van der Waals surface area contributed by atoms with Gasteiger partial charge in [-0.1, -0.05) is 12.1 Å². The minimum Gasteiger partial charge on any atom is -0.496 e. The number of methoxy groups -OCH3 is 2. The summed E-state index contributed by atoms with van der Waals surface area (Å²) in [5.74, 6) is -1.53. The molecule has 0 unspecified atom stereocenters. The molecule has 9 heteroatoms. The van der Waals surface area contributed by atoms with Crippen molar-refractivity contribution in [3.63, 3.8) is 0 Å². The average Bonchev–Trinajstić information content (AvgIpc) is 3.10. The smallest absolute Gasteiger partial charge is 0.313 e. The number of rotatable bonds is 4. The third-order valence-corrected chi connectivity index (χ3v) is 6.73. The first kappa shape index (κ1) is 20.1. The van der Waals surface area contributed by atoms with E-state index in [4.69, 9.17) is 18.7 Å². The molecule has 0 saturated heterocycles. The summed E-state index contributed by atoms with van der Waals surface area (Å²) in [6.45, 7) is 3.61. The van der Waals surface area contributed by atoms with Gasteiger partial charge in [-0.25, -0.2) is 0 Å². The van der Waals surface area contributed by atoms with Crippen molar-refractivity contribution in [3.05, 3.63) is 26.5 Å². The Hall–Kier alpha value is -2.14. The van der Waals surface area contributed by atoms with Gasteiger partial charge in [0.15, 0.2) is 5.60 Å². The third kappa shape index (κ3) is 2.56. The maximum absolute atomic E-state index is 13.8. The predicted molar refractivity (Wildman–Crippen MR) is 109 cm³/mol. The maximum Gasteiger partial charge on any atom is 0.313 e. The molecule has 4 rings (SSSR count). The SMILES string of the molecule is CCOC(=O)[C@@H]1[C@@H](C)Cc2onc3c2[C@@]1(O)C(=O)c1c(I)c(OC)cc(OC)c1-3. The van der Waals surface area contributed by atoms with Gasteiger partial charge in [0.1, 0.15) is 28.9 Å². The molecule has 29 heavy (non-hydrogen) atoms. The molecule has 0 saturated carbocycles. The summed E-state index contributed by atoms with van der Waals surface area (Å²) >= 11 is 1.99. The van der Waals surface area contributed by atoms with Crippen LogP contribution in [0.15, 0.2) is 10.6 Å². The first-order chi connectivity index (χ1) is 13.8. The Morgan fingerprint density at radius 1 is 1.34 bits per heavy atom. The second-order valence-corrected chi connectivity index (χ2v) is 8.26. The van der Waals surface area contributed by atoms with Crippen LogP contribution >= 0.6 is 22.6 Å².